The van der Waals surface area contributed by atoms with E-state index in [2.05, 4.69) is 104 Å². The number of hydrogen-bond donors (Lipinski definition) is 1. The van der Waals surface area contributed by atoms with Gasteiger partial charge in [0.05, 0.1) is 0 Å². The summed E-state index contributed by atoms with van der Waals surface area (Å²) in [6, 6.07) is 23.8. The highest BCUT2D eigenvalue weighted by molar-refractivity contribution is 6.09. The van der Waals surface area contributed by atoms with Crippen molar-refractivity contribution in [3.05, 3.63) is 90.5 Å². The molecule has 4 rings (SSSR count). The van der Waals surface area contributed by atoms with Crippen LogP contribution in [0.5, 0.6) is 0 Å². The average Bonchev–Trinajstić information content (AvgIpc) is 3.03. The first kappa shape index (κ1) is 15.5. The molecule has 0 spiro atoms. The van der Waals surface area contributed by atoms with Crippen LogP contribution in [0.1, 0.15) is 19.4 Å². The summed E-state index contributed by atoms with van der Waals surface area (Å²) in [7, 11) is 0. The molecule has 0 bridgehead atoms. The molecule has 0 unspecified atom stereocenters. The van der Waals surface area contributed by atoms with Crippen molar-refractivity contribution >= 4 is 27.4 Å². The van der Waals surface area contributed by atoms with Crippen LogP contribution in [-0.2, 0) is 0 Å². The number of benzene rings is 3. The Morgan fingerprint density at radius 3 is 2.20 bits per heavy atom. The molecule has 1 nitrogen and oxygen atoms in total. The number of hydrogen-bond acceptors (Lipinski definition) is 0. The molecular weight excluding hydrogens is 302 g/mol. The van der Waals surface area contributed by atoms with E-state index in [4.69, 9.17) is 0 Å². The molecule has 25 heavy (non-hydrogen) atoms. The maximum Gasteiger partial charge on any atom is 0.0471 e. The van der Waals surface area contributed by atoms with Crippen LogP contribution in [0, 0.1) is 0 Å². The molecule has 0 saturated carbocycles. The van der Waals surface area contributed by atoms with Crippen molar-refractivity contribution in [2.24, 2.45) is 0 Å². The Morgan fingerprint density at radius 2 is 1.48 bits per heavy atom. The summed E-state index contributed by atoms with van der Waals surface area (Å²) in [6.45, 7) is 4.13. The molecule has 0 aliphatic carbocycles. The van der Waals surface area contributed by atoms with Crippen molar-refractivity contribution in [3.8, 4) is 11.1 Å². The Kier molecular flexibility index (Phi) is 3.99. The molecule has 122 valence electrons. The van der Waals surface area contributed by atoms with E-state index in [0.29, 0.717) is 0 Å². The van der Waals surface area contributed by atoms with Crippen molar-refractivity contribution < 1.29 is 0 Å². The van der Waals surface area contributed by atoms with E-state index in [9.17, 15) is 0 Å². The number of H-pyrrole nitrogens is 1. The molecule has 1 heteroatoms. The number of nitrogens with one attached hydrogen (secondary N) is 1. The lowest BCUT2D eigenvalue weighted by Gasteiger charge is -2.02. The second kappa shape index (κ2) is 6.45. The van der Waals surface area contributed by atoms with Crippen molar-refractivity contribution in [3.63, 3.8) is 0 Å². The third-order valence-corrected chi connectivity index (χ3v) is 4.70. The molecule has 0 amide bonds. The Labute approximate surface area is 148 Å². The Hall–Kier alpha value is -3.06. The predicted molar refractivity (Wildman–Crippen MR) is 110 cm³/mol. The molecule has 1 N–H and O–H groups in total. The predicted octanol–water partition coefficient (Wildman–Crippen LogP) is 6.97. The minimum absolute atomic E-state index is 1.18. The molecule has 0 aliphatic heterocycles. The zero-order valence-corrected chi connectivity index (χ0v) is 14.6. The smallest absolute Gasteiger partial charge is 0.0471 e. The van der Waals surface area contributed by atoms with Crippen molar-refractivity contribution in [2.45, 2.75) is 13.8 Å². The lowest BCUT2D eigenvalue weighted by Crippen LogP contribution is -1.80. The molecule has 0 atom stereocenters. The summed E-state index contributed by atoms with van der Waals surface area (Å²) in [5.74, 6) is 0. The maximum atomic E-state index is 3.60. The van der Waals surface area contributed by atoms with E-state index in [0.717, 1.165) is 0 Å². The van der Waals surface area contributed by atoms with Gasteiger partial charge in [-0.2, -0.15) is 0 Å². The summed E-state index contributed by atoms with van der Waals surface area (Å²) in [6.07, 6.45) is 6.38. The molecule has 1 heterocycles. The lowest BCUT2D eigenvalue weighted by molar-refractivity contribution is 1.52. The van der Waals surface area contributed by atoms with Gasteiger partial charge in [0.25, 0.3) is 0 Å². The average molecular weight is 323 g/mol. The first-order chi connectivity index (χ1) is 12.3. The fourth-order valence-corrected chi connectivity index (χ4v) is 3.44. The van der Waals surface area contributed by atoms with Gasteiger partial charge < -0.3 is 4.98 Å². The fourth-order valence-electron chi connectivity index (χ4n) is 3.44. The van der Waals surface area contributed by atoms with Crippen LogP contribution in [0.15, 0.2) is 85.0 Å². The van der Waals surface area contributed by atoms with Crippen LogP contribution < -0.4 is 0 Å². The highest BCUT2D eigenvalue weighted by Gasteiger charge is 2.07. The van der Waals surface area contributed by atoms with Crippen LogP contribution in [0.25, 0.3) is 38.5 Å². The third kappa shape index (κ3) is 2.78. The molecule has 0 fully saturated rings. The minimum atomic E-state index is 1.18. The van der Waals surface area contributed by atoms with Gasteiger partial charge in [0.2, 0.25) is 0 Å². The van der Waals surface area contributed by atoms with Gasteiger partial charge in [-0.3, -0.25) is 0 Å². The van der Waals surface area contributed by atoms with Crippen LogP contribution in [0.4, 0.5) is 0 Å². The van der Waals surface area contributed by atoms with Gasteiger partial charge >= 0.3 is 0 Å². The SMILES string of the molecule is C/C=C\C(=C/C)c1ccc2c(c1)[nH]c1cc(-c3ccccc3)ccc12. The summed E-state index contributed by atoms with van der Waals surface area (Å²) in [5.41, 5.74) is 7.33. The van der Waals surface area contributed by atoms with E-state index >= 15 is 0 Å². The number of aromatic amines is 1. The van der Waals surface area contributed by atoms with Gasteiger partial charge in [-0.25, -0.2) is 0 Å². The van der Waals surface area contributed by atoms with Gasteiger partial charge in [0.15, 0.2) is 0 Å². The minimum Gasteiger partial charge on any atom is -0.354 e. The van der Waals surface area contributed by atoms with Gasteiger partial charge in [-0.05, 0) is 48.2 Å². The summed E-state index contributed by atoms with van der Waals surface area (Å²) in [5, 5.41) is 2.54. The Balaban J connectivity index is 1.86. The topological polar surface area (TPSA) is 15.8 Å². The molecule has 4 aromatic rings. The van der Waals surface area contributed by atoms with Gasteiger partial charge in [-0.1, -0.05) is 72.8 Å². The molecule has 0 radical (unpaired) electrons. The van der Waals surface area contributed by atoms with Crippen molar-refractivity contribution in [1.82, 2.24) is 4.98 Å². The van der Waals surface area contributed by atoms with Gasteiger partial charge in [0, 0.05) is 21.8 Å². The number of aromatic nitrogens is 1. The van der Waals surface area contributed by atoms with Gasteiger partial charge in [0.1, 0.15) is 0 Å². The number of allylic oxidation sites excluding steroid dienone is 4. The highest BCUT2D eigenvalue weighted by Crippen LogP contribution is 2.31. The standard InChI is InChI=1S/C24H21N/c1-3-8-17(4-2)19-11-13-21-22-14-12-20(18-9-6-5-7-10-18)16-24(22)25-23(21)15-19/h3-16,25H,1-2H3/b8-3-,17-4+. The largest absolute Gasteiger partial charge is 0.354 e. The van der Waals surface area contributed by atoms with Crippen LogP contribution in [0.3, 0.4) is 0 Å². The lowest BCUT2D eigenvalue weighted by atomic mass is 10.0. The number of fused-ring (bicyclic) bond motifs is 3. The van der Waals surface area contributed by atoms with Crippen molar-refractivity contribution in [2.75, 3.05) is 0 Å². The number of rotatable bonds is 3. The summed E-state index contributed by atoms with van der Waals surface area (Å²) >= 11 is 0. The molecular formula is C24H21N. The van der Waals surface area contributed by atoms with Crippen LogP contribution in [-0.4, -0.2) is 4.98 Å². The van der Waals surface area contributed by atoms with Crippen molar-refractivity contribution in [1.29, 1.82) is 0 Å². The first-order valence-electron chi connectivity index (χ1n) is 8.70. The fraction of sp³-hybridized carbons (Fsp3) is 0.0833. The van der Waals surface area contributed by atoms with E-state index in [1.165, 1.54) is 44.1 Å². The second-order valence-corrected chi connectivity index (χ2v) is 6.26. The molecule has 1 aromatic heterocycles. The second-order valence-electron chi connectivity index (χ2n) is 6.26. The summed E-state index contributed by atoms with van der Waals surface area (Å²) < 4.78 is 0. The third-order valence-electron chi connectivity index (χ3n) is 4.70. The van der Waals surface area contributed by atoms with Crippen LogP contribution in [0.2, 0.25) is 0 Å². The molecule has 3 aromatic carbocycles. The van der Waals surface area contributed by atoms with E-state index in [1.54, 1.807) is 0 Å². The van der Waals surface area contributed by atoms with E-state index in [1.807, 2.05) is 0 Å². The first-order valence-corrected chi connectivity index (χ1v) is 8.70. The van der Waals surface area contributed by atoms with Crippen LogP contribution >= 0.6 is 0 Å². The maximum absolute atomic E-state index is 3.60. The van der Waals surface area contributed by atoms with E-state index in [-0.39, 0.29) is 0 Å². The molecule has 0 saturated heterocycles. The summed E-state index contributed by atoms with van der Waals surface area (Å²) in [4.78, 5) is 3.60. The Morgan fingerprint density at radius 1 is 0.760 bits per heavy atom. The van der Waals surface area contributed by atoms with E-state index < -0.39 is 0 Å². The molecule has 0 aliphatic rings. The monoisotopic (exact) mass is 323 g/mol. The highest BCUT2D eigenvalue weighted by atomic mass is 14.7. The Bertz CT molecular complexity index is 1100. The van der Waals surface area contributed by atoms with Gasteiger partial charge in [-0.15, -0.1) is 0 Å². The zero-order chi connectivity index (χ0) is 17.2. The zero-order valence-electron chi connectivity index (χ0n) is 14.6. The normalized spacial score (nSPS) is 12.5. The quantitative estimate of drug-likeness (QED) is 0.392.